The zero-order valence-electron chi connectivity index (χ0n) is 10.9. The molecule has 19 heavy (non-hydrogen) atoms. The van der Waals surface area contributed by atoms with Gasteiger partial charge in [-0.1, -0.05) is 0 Å². The fourth-order valence-corrected chi connectivity index (χ4v) is 1.90. The smallest absolute Gasteiger partial charge is 0.351 e. The van der Waals surface area contributed by atoms with Crippen molar-refractivity contribution in [3.63, 3.8) is 0 Å². The number of rotatable bonds is 2. The van der Waals surface area contributed by atoms with Crippen molar-refractivity contribution >= 4 is 16.9 Å². The van der Waals surface area contributed by atoms with Gasteiger partial charge in [-0.2, -0.15) is 0 Å². The van der Waals surface area contributed by atoms with Gasteiger partial charge in [-0.05, 0) is 38.5 Å². The van der Waals surface area contributed by atoms with Crippen LogP contribution < -0.4 is 5.63 Å². The van der Waals surface area contributed by atoms with E-state index in [4.69, 9.17) is 9.15 Å². The van der Waals surface area contributed by atoms with Gasteiger partial charge in [0, 0.05) is 10.9 Å². The molecular weight excluding hydrogens is 248 g/mol. The average Bonchev–Trinajstić information content (AvgIpc) is 2.35. The number of benzene rings is 1. The van der Waals surface area contributed by atoms with E-state index >= 15 is 0 Å². The lowest BCUT2D eigenvalue weighted by Gasteiger charge is -2.08. The summed E-state index contributed by atoms with van der Waals surface area (Å²) in [6, 6.07) is 3.01. The van der Waals surface area contributed by atoms with Crippen LogP contribution in [0.4, 0.5) is 0 Å². The molecule has 2 rings (SSSR count). The number of carbonyl (C=O) groups is 1. The minimum atomic E-state index is -0.765. The van der Waals surface area contributed by atoms with E-state index in [1.807, 2.05) is 0 Å². The molecule has 0 saturated carbocycles. The molecule has 1 aromatic heterocycles. The maximum absolute atomic E-state index is 11.8. The molecule has 0 aliphatic carbocycles. The fourth-order valence-electron chi connectivity index (χ4n) is 1.90. The predicted octanol–water partition coefficient (Wildman–Crippen LogP) is 2.29. The van der Waals surface area contributed by atoms with Crippen LogP contribution in [-0.2, 0) is 4.74 Å². The minimum absolute atomic E-state index is 0.0528. The lowest BCUT2D eigenvalue weighted by atomic mass is 10.0. The first-order chi connectivity index (χ1) is 8.95. The van der Waals surface area contributed by atoms with Gasteiger partial charge in [0.05, 0.1) is 6.61 Å². The Bertz CT molecular complexity index is 712. The van der Waals surface area contributed by atoms with Gasteiger partial charge in [-0.3, -0.25) is 0 Å². The fraction of sp³-hybridized carbons (Fsp3) is 0.286. The largest absolute Gasteiger partial charge is 0.508 e. The molecule has 0 unspecified atom stereocenters. The van der Waals surface area contributed by atoms with Crippen molar-refractivity contribution in [3.8, 4) is 5.75 Å². The van der Waals surface area contributed by atoms with E-state index in [-0.39, 0.29) is 23.5 Å². The maximum Gasteiger partial charge on any atom is 0.351 e. The highest BCUT2D eigenvalue weighted by Crippen LogP contribution is 2.29. The summed E-state index contributed by atoms with van der Waals surface area (Å²) in [5.41, 5.74) is 0.567. The summed E-state index contributed by atoms with van der Waals surface area (Å²) in [5.74, 6) is -0.652. The molecule has 5 nitrogen and oxygen atoms in total. The standard InChI is InChI=1S/C14H14O5/c1-4-18-13(16)10-6-9-7(2)5-11(15)8(3)12(9)19-14(10)17/h5-6,15H,4H2,1-3H3. The van der Waals surface area contributed by atoms with Gasteiger partial charge in [-0.25, -0.2) is 9.59 Å². The van der Waals surface area contributed by atoms with E-state index in [1.54, 1.807) is 26.8 Å². The van der Waals surface area contributed by atoms with Gasteiger partial charge >= 0.3 is 11.6 Å². The minimum Gasteiger partial charge on any atom is -0.508 e. The van der Waals surface area contributed by atoms with Crippen LogP contribution in [0.2, 0.25) is 0 Å². The second kappa shape index (κ2) is 4.76. The third-order valence-electron chi connectivity index (χ3n) is 2.95. The van der Waals surface area contributed by atoms with Crippen LogP contribution in [0.15, 0.2) is 21.3 Å². The molecule has 0 atom stereocenters. The molecule has 1 heterocycles. The first-order valence-electron chi connectivity index (χ1n) is 5.89. The molecule has 0 fully saturated rings. The van der Waals surface area contributed by atoms with Crippen LogP contribution >= 0.6 is 0 Å². The van der Waals surface area contributed by atoms with Gasteiger partial charge in [0.2, 0.25) is 0 Å². The summed E-state index contributed by atoms with van der Waals surface area (Å²) >= 11 is 0. The highest BCUT2D eigenvalue weighted by molar-refractivity contribution is 5.94. The van der Waals surface area contributed by atoms with Crippen LogP contribution in [0.1, 0.15) is 28.4 Å². The molecule has 0 spiro atoms. The summed E-state index contributed by atoms with van der Waals surface area (Å²) in [4.78, 5) is 23.4. The Balaban J connectivity index is 2.77. The highest BCUT2D eigenvalue weighted by Gasteiger charge is 2.17. The van der Waals surface area contributed by atoms with E-state index in [0.29, 0.717) is 16.5 Å². The summed E-state index contributed by atoms with van der Waals surface area (Å²) in [6.45, 7) is 5.25. The predicted molar refractivity (Wildman–Crippen MR) is 69.6 cm³/mol. The molecule has 0 radical (unpaired) electrons. The molecule has 1 N–H and O–H groups in total. The van der Waals surface area contributed by atoms with Crippen LogP contribution in [0, 0.1) is 13.8 Å². The van der Waals surface area contributed by atoms with Crippen molar-refractivity contribution in [2.24, 2.45) is 0 Å². The van der Waals surface area contributed by atoms with E-state index in [0.717, 1.165) is 0 Å². The second-order valence-corrected chi connectivity index (χ2v) is 4.25. The zero-order valence-corrected chi connectivity index (χ0v) is 10.9. The SMILES string of the molecule is CCOC(=O)c1cc2c(C)cc(O)c(C)c2oc1=O. The zero-order chi connectivity index (χ0) is 14.2. The number of esters is 1. The Morgan fingerprint density at radius 3 is 2.68 bits per heavy atom. The molecule has 5 heteroatoms. The molecule has 2 aromatic rings. The molecule has 0 aliphatic heterocycles. The van der Waals surface area contributed by atoms with Crippen molar-refractivity contribution in [3.05, 3.63) is 39.2 Å². The number of hydrogen-bond acceptors (Lipinski definition) is 5. The first-order valence-corrected chi connectivity index (χ1v) is 5.89. The Labute approximate surface area is 109 Å². The van der Waals surface area contributed by atoms with Gasteiger partial charge in [0.1, 0.15) is 16.9 Å². The summed E-state index contributed by atoms with van der Waals surface area (Å²) in [6.07, 6.45) is 0. The van der Waals surface area contributed by atoms with Crippen LogP contribution in [0.5, 0.6) is 5.75 Å². The number of fused-ring (bicyclic) bond motifs is 1. The first kappa shape index (κ1) is 13.1. The number of hydrogen-bond donors (Lipinski definition) is 1. The van der Waals surface area contributed by atoms with Crippen molar-refractivity contribution in [1.82, 2.24) is 0 Å². The average molecular weight is 262 g/mol. The second-order valence-electron chi connectivity index (χ2n) is 4.25. The Morgan fingerprint density at radius 1 is 1.37 bits per heavy atom. The van der Waals surface area contributed by atoms with Gasteiger partial charge < -0.3 is 14.3 Å². The van der Waals surface area contributed by atoms with Gasteiger partial charge in [-0.15, -0.1) is 0 Å². The third-order valence-corrected chi connectivity index (χ3v) is 2.95. The van der Waals surface area contributed by atoms with Crippen LogP contribution in [0.25, 0.3) is 11.0 Å². The maximum atomic E-state index is 11.8. The van der Waals surface area contributed by atoms with Crippen molar-refractivity contribution in [2.45, 2.75) is 20.8 Å². The lowest BCUT2D eigenvalue weighted by molar-refractivity contribution is 0.0522. The van der Waals surface area contributed by atoms with Gasteiger partial charge in [0.15, 0.2) is 0 Å². The number of phenolic OH excluding ortho intramolecular Hbond substituents is 1. The molecule has 0 bridgehead atoms. The van der Waals surface area contributed by atoms with Crippen LogP contribution in [0.3, 0.4) is 0 Å². The molecule has 1 aromatic carbocycles. The Hall–Kier alpha value is -2.30. The Morgan fingerprint density at radius 2 is 2.05 bits per heavy atom. The highest BCUT2D eigenvalue weighted by atomic mass is 16.5. The Kier molecular flexibility index (Phi) is 3.29. The van der Waals surface area contributed by atoms with Crippen molar-refractivity contribution in [2.75, 3.05) is 6.61 Å². The summed E-state index contributed by atoms with van der Waals surface area (Å²) in [7, 11) is 0. The van der Waals surface area contributed by atoms with Crippen molar-refractivity contribution in [1.29, 1.82) is 0 Å². The number of ether oxygens (including phenoxy) is 1. The molecule has 0 amide bonds. The van der Waals surface area contributed by atoms with E-state index < -0.39 is 11.6 Å². The summed E-state index contributed by atoms with van der Waals surface area (Å²) < 4.78 is 9.94. The molecular formula is C14H14O5. The van der Waals surface area contributed by atoms with E-state index in [1.165, 1.54) is 6.07 Å². The monoisotopic (exact) mass is 262 g/mol. The normalized spacial score (nSPS) is 10.7. The number of phenols is 1. The van der Waals surface area contributed by atoms with E-state index in [2.05, 4.69) is 0 Å². The lowest BCUT2D eigenvalue weighted by Crippen LogP contribution is -2.16. The number of aromatic hydroxyl groups is 1. The van der Waals surface area contributed by atoms with Crippen LogP contribution in [-0.4, -0.2) is 17.7 Å². The topological polar surface area (TPSA) is 76.7 Å². The van der Waals surface area contributed by atoms with E-state index in [9.17, 15) is 14.7 Å². The van der Waals surface area contributed by atoms with Crippen molar-refractivity contribution < 1.29 is 19.1 Å². The quantitative estimate of drug-likeness (QED) is 0.663. The van der Waals surface area contributed by atoms with Gasteiger partial charge in [0.25, 0.3) is 0 Å². The molecule has 0 aliphatic rings. The number of carbonyl (C=O) groups excluding carboxylic acids is 1. The number of aryl methyl sites for hydroxylation is 2. The molecule has 100 valence electrons. The molecule has 0 saturated heterocycles. The third kappa shape index (κ3) is 2.19. The summed E-state index contributed by atoms with van der Waals surface area (Å²) in [5, 5.41) is 10.3.